The molecule has 0 aliphatic heterocycles. The standard InChI is InChI=1S/C16H11Cl2N5O/c1-24-9-2-3-10-11(4-9)16-20-8-21-23(16)22-15(10)5-12-13(17)6-19-7-14(12)18/h2-4,6-8H,5H2,1H3. The lowest BCUT2D eigenvalue weighted by Gasteiger charge is -2.10. The Bertz CT molecular complexity index is 1040. The van der Waals surface area contributed by atoms with Gasteiger partial charge in [0.15, 0.2) is 5.65 Å². The van der Waals surface area contributed by atoms with E-state index in [9.17, 15) is 0 Å². The van der Waals surface area contributed by atoms with Crippen molar-refractivity contribution in [1.29, 1.82) is 0 Å². The summed E-state index contributed by atoms with van der Waals surface area (Å²) in [5, 5.41) is 11.6. The zero-order chi connectivity index (χ0) is 16.7. The summed E-state index contributed by atoms with van der Waals surface area (Å²) in [6.07, 6.45) is 5.07. The van der Waals surface area contributed by atoms with E-state index >= 15 is 0 Å². The summed E-state index contributed by atoms with van der Waals surface area (Å²) in [4.78, 5) is 8.26. The van der Waals surface area contributed by atoms with Crippen molar-refractivity contribution in [3.63, 3.8) is 0 Å². The van der Waals surface area contributed by atoms with Crippen LogP contribution < -0.4 is 4.74 Å². The smallest absolute Gasteiger partial charge is 0.184 e. The van der Waals surface area contributed by atoms with Gasteiger partial charge in [-0.05, 0) is 23.8 Å². The third-order valence-corrected chi connectivity index (χ3v) is 4.47. The van der Waals surface area contributed by atoms with E-state index in [1.807, 2.05) is 18.2 Å². The van der Waals surface area contributed by atoms with Crippen LogP contribution in [-0.2, 0) is 6.42 Å². The van der Waals surface area contributed by atoms with Crippen LogP contribution in [0.2, 0.25) is 10.0 Å². The lowest BCUT2D eigenvalue weighted by molar-refractivity contribution is 0.415. The molecule has 120 valence electrons. The van der Waals surface area contributed by atoms with Gasteiger partial charge in [-0.3, -0.25) is 4.98 Å². The van der Waals surface area contributed by atoms with Crippen molar-refractivity contribution < 1.29 is 4.74 Å². The maximum Gasteiger partial charge on any atom is 0.184 e. The Morgan fingerprint density at radius 1 is 1.12 bits per heavy atom. The fourth-order valence-corrected chi connectivity index (χ4v) is 3.14. The molecule has 0 saturated carbocycles. The lowest BCUT2D eigenvalue weighted by Crippen LogP contribution is -2.04. The van der Waals surface area contributed by atoms with Crippen LogP contribution in [0.25, 0.3) is 16.4 Å². The fourth-order valence-electron chi connectivity index (χ4n) is 2.65. The Morgan fingerprint density at radius 3 is 2.67 bits per heavy atom. The highest BCUT2D eigenvalue weighted by molar-refractivity contribution is 6.35. The van der Waals surface area contributed by atoms with Crippen molar-refractivity contribution in [2.45, 2.75) is 6.42 Å². The highest BCUT2D eigenvalue weighted by Crippen LogP contribution is 2.30. The summed E-state index contributed by atoms with van der Waals surface area (Å²) in [6, 6.07) is 5.75. The number of aromatic nitrogens is 5. The number of hydrogen-bond acceptors (Lipinski definition) is 5. The van der Waals surface area contributed by atoms with E-state index in [-0.39, 0.29) is 0 Å². The van der Waals surface area contributed by atoms with Crippen LogP contribution in [0.4, 0.5) is 0 Å². The van der Waals surface area contributed by atoms with Crippen LogP contribution in [-0.4, -0.2) is 31.9 Å². The van der Waals surface area contributed by atoms with Crippen LogP contribution in [0.1, 0.15) is 11.3 Å². The molecule has 24 heavy (non-hydrogen) atoms. The molecule has 0 unspecified atom stereocenters. The number of halogens is 2. The molecule has 1 aromatic carbocycles. The molecule has 6 nitrogen and oxygen atoms in total. The van der Waals surface area contributed by atoms with Gasteiger partial charge in [0.05, 0.1) is 22.8 Å². The topological polar surface area (TPSA) is 65.2 Å². The zero-order valence-electron chi connectivity index (χ0n) is 12.6. The lowest BCUT2D eigenvalue weighted by atomic mass is 10.0. The molecular formula is C16H11Cl2N5O. The van der Waals surface area contributed by atoms with Crippen molar-refractivity contribution in [3.8, 4) is 5.75 Å². The molecule has 4 aromatic rings. The Labute approximate surface area is 147 Å². The largest absolute Gasteiger partial charge is 0.497 e. The number of ether oxygens (including phenoxy) is 1. The van der Waals surface area contributed by atoms with Gasteiger partial charge in [0.1, 0.15) is 12.1 Å². The summed E-state index contributed by atoms with van der Waals surface area (Å²) in [6.45, 7) is 0. The van der Waals surface area contributed by atoms with E-state index in [0.717, 1.165) is 27.8 Å². The second-order valence-corrected chi connectivity index (χ2v) is 6.00. The zero-order valence-corrected chi connectivity index (χ0v) is 14.1. The number of nitrogens with zero attached hydrogens (tertiary/aromatic N) is 5. The molecule has 3 heterocycles. The first-order chi connectivity index (χ1) is 11.7. The highest BCUT2D eigenvalue weighted by Gasteiger charge is 2.15. The summed E-state index contributed by atoms with van der Waals surface area (Å²) in [5.41, 5.74) is 2.23. The first kappa shape index (κ1) is 15.1. The fraction of sp³-hybridized carbons (Fsp3) is 0.125. The van der Waals surface area contributed by atoms with E-state index in [2.05, 4.69) is 20.2 Å². The van der Waals surface area contributed by atoms with Gasteiger partial charge < -0.3 is 4.74 Å². The van der Waals surface area contributed by atoms with Gasteiger partial charge >= 0.3 is 0 Å². The first-order valence-corrected chi connectivity index (χ1v) is 7.87. The van der Waals surface area contributed by atoms with Gasteiger partial charge in [-0.15, -0.1) is 9.73 Å². The molecular weight excluding hydrogens is 349 g/mol. The molecule has 0 spiro atoms. The minimum atomic E-state index is 0.457. The number of hydrogen-bond donors (Lipinski definition) is 0. The number of methoxy groups -OCH3 is 1. The summed E-state index contributed by atoms with van der Waals surface area (Å²) >= 11 is 12.5. The SMILES string of the molecule is COc1ccc2c(Cc3c(Cl)cncc3Cl)nn3ncnc3c2c1. The summed E-state index contributed by atoms with van der Waals surface area (Å²) in [7, 11) is 1.63. The molecule has 0 amide bonds. The monoisotopic (exact) mass is 359 g/mol. The van der Waals surface area contributed by atoms with Crippen LogP contribution in [0.5, 0.6) is 5.75 Å². The molecule has 3 aromatic heterocycles. The predicted octanol–water partition coefficient (Wildman–Crippen LogP) is 3.58. The first-order valence-electron chi connectivity index (χ1n) is 7.12. The molecule has 0 bridgehead atoms. The third kappa shape index (κ3) is 2.44. The maximum atomic E-state index is 6.25. The van der Waals surface area contributed by atoms with Gasteiger partial charge in [0.2, 0.25) is 0 Å². The molecule has 4 rings (SSSR count). The van der Waals surface area contributed by atoms with Crippen LogP contribution in [0.15, 0.2) is 36.9 Å². The molecule has 0 N–H and O–H groups in total. The molecule has 8 heteroatoms. The van der Waals surface area contributed by atoms with Gasteiger partial charge in [0, 0.05) is 29.6 Å². The van der Waals surface area contributed by atoms with Crippen molar-refractivity contribution in [3.05, 3.63) is 58.2 Å². The van der Waals surface area contributed by atoms with Gasteiger partial charge in [-0.1, -0.05) is 23.2 Å². The normalized spacial score (nSPS) is 11.3. The van der Waals surface area contributed by atoms with Gasteiger partial charge in [-0.2, -0.15) is 5.10 Å². The van der Waals surface area contributed by atoms with E-state index in [0.29, 0.717) is 22.1 Å². The van der Waals surface area contributed by atoms with Crippen molar-refractivity contribution in [2.75, 3.05) is 7.11 Å². The number of rotatable bonds is 3. The van der Waals surface area contributed by atoms with Crippen LogP contribution >= 0.6 is 23.2 Å². The highest BCUT2D eigenvalue weighted by atomic mass is 35.5. The quantitative estimate of drug-likeness (QED) is 0.559. The average Bonchev–Trinajstić information content (AvgIpc) is 3.06. The Morgan fingerprint density at radius 2 is 1.92 bits per heavy atom. The average molecular weight is 360 g/mol. The molecule has 0 saturated heterocycles. The van der Waals surface area contributed by atoms with Crippen molar-refractivity contribution >= 4 is 39.6 Å². The van der Waals surface area contributed by atoms with E-state index in [1.54, 1.807) is 19.5 Å². The summed E-state index contributed by atoms with van der Waals surface area (Å²) in [5.74, 6) is 0.740. The van der Waals surface area contributed by atoms with E-state index in [1.165, 1.54) is 11.0 Å². The molecule has 0 atom stereocenters. The molecule has 0 aliphatic carbocycles. The van der Waals surface area contributed by atoms with E-state index in [4.69, 9.17) is 27.9 Å². The molecule has 0 aliphatic rings. The van der Waals surface area contributed by atoms with Crippen LogP contribution in [0.3, 0.4) is 0 Å². The predicted molar refractivity (Wildman–Crippen MR) is 91.9 cm³/mol. The van der Waals surface area contributed by atoms with Crippen molar-refractivity contribution in [1.82, 2.24) is 24.8 Å². The minimum absolute atomic E-state index is 0.457. The van der Waals surface area contributed by atoms with Gasteiger partial charge in [0.25, 0.3) is 0 Å². The Kier molecular flexibility index (Phi) is 3.70. The van der Waals surface area contributed by atoms with Crippen molar-refractivity contribution in [2.24, 2.45) is 0 Å². The third-order valence-electron chi connectivity index (χ3n) is 3.82. The molecule has 0 radical (unpaired) electrons. The maximum absolute atomic E-state index is 6.25. The van der Waals surface area contributed by atoms with Gasteiger partial charge in [-0.25, -0.2) is 4.98 Å². The number of fused-ring (bicyclic) bond motifs is 3. The minimum Gasteiger partial charge on any atom is -0.497 e. The Balaban J connectivity index is 1.97. The summed E-state index contributed by atoms with van der Waals surface area (Å²) < 4.78 is 6.82. The second kappa shape index (κ2) is 5.89. The second-order valence-electron chi connectivity index (χ2n) is 5.19. The van der Waals surface area contributed by atoms with E-state index < -0.39 is 0 Å². The number of pyridine rings is 1. The molecule has 0 fully saturated rings. The Hall–Kier alpha value is -2.44. The number of benzene rings is 1. The van der Waals surface area contributed by atoms with Crippen LogP contribution in [0, 0.1) is 0 Å².